The molecular formula is C9H7ClN2. The minimum absolute atomic E-state index is 0.546. The Balaban J connectivity index is 2.86. The number of pyridine rings is 1. The van der Waals surface area contributed by atoms with Crippen LogP contribution in [0.3, 0.4) is 0 Å². The molecule has 0 fully saturated rings. The molecule has 0 unspecified atom stereocenters. The van der Waals surface area contributed by atoms with Gasteiger partial charge in [0, 0.05) is 16.6 Å². The molecule has 2 N–H and O–H groups in total. The zero-order valence-corrected chi connectivity index (χ0v) is 7.05. The van der Waals surface area contributed by atoms with Crippen LogP contribution in [0.5, 0.6) is 0 Å². The van der Waals surface area contributed by atoms with E-state index in [4.69, 9.17) is 17.3 Å². The van der Waals surface area contributed by atoms with Gasteiger partial charge in [-0.15, -0.1) is 0 Å². The number of nitrogens with zero attached hydrogens (tertiary/aromatic N) is 1. The van der Waals surface area contributed by atoms with E-state index in [1.54, 1.807) is 6.20 Å². The molecule has 0 atom stereocenters. The van der Waals surface area contributed by atoms with Crippen molar-refractivity contribution in [1.29, 1.82) is 0 Å². The van der Waals surface area contributed by atoms with Crippen LogP contribution in [0.15, 0.2) is 30.5 Å². The van der Waals surface area contributed by atoms with Gasteiger partial charge in [-0.3, -0.25) is 0 Å². The van der Waals surface area contributed by atoms with E-state index in [0.29, 0.717) is 10.8 Å². The smallest absolute Gasteiger partial charge is 0.131 e. The summed E-state index contributed by atoms with van der Waals surface area (Å²) in [4.78, 5) is 3.97. The molecular weight excluding hydrogens is 172 g/mol. The Bertz CT molecular complexity index is 426. The minimum atomic E-state index is 0.546. The van der Waals surface area contributed by atoms with Crippen molar-refractivity contribution in [2.24, 2.45) is 0 Å². The molecule has 2 rings (SSSR count). The van der Waals surface area contributed by atoms with Gasteiger partial charge in [0.25, 0.3) is 0 Å². The van der Waals surface area contributed by atoms with Gasteiger partial charge in [0.05, 0.1) is 0 Å². The molecule has 0 aliphatic carbocycles. The van der Waals surface area contributed by atoms with Gasteiger partial charge >= 0.3 is 0 Å². The van der Waals surface area contributed by atoms with Crippen molar-refractivity contribution in [1.82, 2.24) is 4.98 Å². The number of fused-ring (bicyclic) bond motifs is 1. The molecule has 0 amide bonds. The zero-order chi connectivity index (χ0) is 8.55. The number of halogens is 1. The first-order chi connectivity index (χ1) is 5.77. The van der Waals surface area contributed by atoms with Crippen LogP contribution in [-0.4, -0.2) is 4.98 Å². The summed E-state index contributed by atoms with van der Waals surface area (Å²) in [6.07, 6.45) is 1.67. The number of hydrogen-bond acceptors (Lipinski definition) is 2. The van der Waals surface area contributed by atoms with Gasteiger partial charge in [-0.2, -0.15) is 0 Å². The van der Waals surface area contributed by atoms with Crippen LogP contribution in [0.25, 0.3) is 10.8 Å². The monoisotopic (exact) mass is 178 g/mol. The number of nitrogens with two attached hydrogens (primary N) is 1. The van der Waals surface area contributed by atoms with Gasteiger partial charge in [-0.1, -0.05) is 11.6 Å². The molecule has 1 heterocycles. The second-order valence-corrected chi connectivity index (χ2v) is 3.00. The molecule has 0 saturated heterocycles. The Morgan fingerprint density at radius 2 is 2.08 bits per heavy atom. The van der Waals surface area contributed by atoms with Crippen molar-refractivity contribution in [3.63, 3.8) is 0 Å². The lowest BCUT2D eigenvalue weighted by Crippen LogP contribution is -1.89. The van der Waals surface area contributed by atoms with Crippen LogP contribution in [-0.2, 0) is 0 Å². The summed E-state index contributed by atoms with van der Waals surface area (Å²) in [7, 11) is 0. The van der Waals surface area contributed by atoms with Crippen LogP contribution in [0, 0.1) is 0 Å². The fourth-order valence-corrected chi connectivity index (χ4v) is 1.35. The Morgan fingerprint density at radius 3 is 2.92 bits per heavy atom. The van der Waals surface area contributed by atoms with Crippen molar-refractivity contribution in [2.75, 3.05) is 5.73 Å². The number of anilines is 1. The standard InChI is InChI=1S/C9H7ClN2/c10-7-1-2-8-6(5-7)3-4-12-9(8)11/h1-5H,(H2,11,12). The number of aromatic nitrogens is 1. The maximum absolute atomic E-state index is 5.81. The predicted molar refractivity (Wildman–Crippen MR) is 51.2 cm³/mol. The largest absolute Gasteiger partial charge is 0.383 e. The second kappa shape index (κ2) is 2.64. The first-order valence-corrected chi connectivity index (χ1v) is 3.95. The average molecular weight is 179 g/mol. The topological polar surface area (TPSA) is 38.9 Å². The van der Waals surface area contributed by atoms with Gasteiger partial charge < -0.3 is 5.73 Å². The molecule has 12 heavy (non-hydrogen) atoms. The average Bonchev–Trinajstić information content (AvgIpc) is 2.04. The molecule has 0 saturated carbocycles. The SMILES string of the molecule is Nc1nccc2cc(Cl)ccc12. The first-order valence-electron chi connectivity index (χ1n) is 3.57. The molecule has 0 spiro atoms. The lowest BCUT2D eigenvalue weighted by molar-refractivity contribution is 1.37. The highest BCUT2D eigenvalue weighted by Crippen LogP contribution is 2.21. The lowest BCUT2D eigenvalue weighted by Gasteiger charge is -1.99. The lowest BCUT2D eigenvalue weighted by atomic mass is 10.2. The molecule has 2 nitrogen and oxygen atoms in total. The Labute approximate surface area is 75.0 Å². The summed E-state index contributed by atoms with van der Waals surface area (Å²) in [6.45, 7) is 0. The molecule has 1 aromatic heterocycles. The molecule has 3 heteroatoms. The van der Waals surface area contributed by atoms with E-state index in [-0.39, 0.29) is 0 Å². The number of benzene rings is 1. The van der Waals surface area contributed by atoms with Crippen molar-refractivity contribution >= 4 is 28.2 Å². The highest BCUT2D eigenvalue weighted by atomic mass is 35.5. The van der Waals surface area contributed by atoms with Gasteiger partial charge in [0.15, 0.2) is 0 Å². The summed E-state index contributed by atoms with van der Waals surface area (Å²) in [6, 6.07) is 7.44. The van der Waals surface area contributed by atoms with Crippen molar-refractivity contribution in [2.45, 2.75) is 0 Å². The van der Waals surface area contributed by atoms with E-state index >= 15 is 0 Å². The zero-order valence-electron chi connectivity index (χ0n) is 6.29. The second-order valence-electron chi connectivity index (χ2n) is 2.56. The normalized spacial score (nSPS) is 10.4. The van der Waals surface area contributed by atoms with Crippen LogP contribution in [0.2, 0.25) is 5.02 Å². The van der Waals surface area contributed by atoms with Gasteiger partial charge in [-0.25, -0.2) is 4.98 Å². The van der Waals surface area contributed by atoms with E-state index in [1.807, 2.05) is 24.3 Å². The van der Waals surface area contributed by atoms with Crippen molar-refractivity contribution < 1.29 is 0 Å². The van der Waals surface area contributed by atoms with Crippen LogP contribution < -0.4 is 5.73 Å². The Morgan fingerprint density at radius 1 is 1.25 bits per heavy atom. The summed E-state index contributed by atoms with van der Waals surface area (Å²) < 4.78 is 0. The molecule has 2 aromatic rings. The van der Waals surface area contributed by atoms with E-state index in [1.165, 1.54) is 0 Å². The van der Waals surface area contributed by atoms with E-state index < -0.39 is 0 Å². The predicted octanol–water partition coefficient (Wildman–Crippen LogP) is 2.47. The summed E-state index contributed by atoms with van der Waals surface area (Å²) >= 11 is 5.81. The summed E-state index contributed by atoms with van der Waals surface area (Å²) in [5, 5.41) is 2.69. The maximum atomic E-state index is 5.81. The van der Waals surface area contributed by atoms with Gasteiger partial charge in [0.2, 0.25) is 0 Å². The van der Waals surface area contributed by atoms with Crippen LogP contribution >= 0.6 is 11.6 Å². The molecule has 60 valence electrons. The Kier molecular flexibility index (Phi) is 1.62. The van der Waals surface area contributed by atoms with Crippen molar-refractivity contribution in [3.8, 4) is 0 Å². The summed E-state index contributed by atoms with van der Waals surface area (Å²) in [5.74, 6) is 0.546. The third kappa shape index (κ3) is 1.10. The maximum Gasteiger partial charge on any atom is 0.131 e. The van der Waals surface area contributed by atoms with E-state index in [9.17, 15) is 0 Å². The third-order valence-electron chi connectivity index (χ3n) is 1.76. The fourth-order valence-electron chi connectivity index (χ4n) is 1.17. The van der Waals surface area contributed by atoms with Crippen LogP contribution in [0.4, 0.5) is 5.82 Å². The quantitative estimate of drug-likeness (QED) is 0.673. The molecule has 0 radical (unpaired) electrons. The molecule has 1 aromatic carbocycles. The molecule has 0 aliphatic rings. The number of hydrogen-bond donors (Lipinski definition) is 1. The number of rotatable bonds is 0. The van der Waals surface area contributed by atoms with Crippen LogP contribution in [0.1, 0.15) is 0 Å². The fraction of sp³-hybridized carbons (Fsp3) is 0. The van der Waals surface area contributed by atoms with E-state index in [2.05, 4.69) is 4.98 Å². The first kappa shape index (κ1) is 7.37. The third-order valence-corrected chi connectivity index (χ3v) is 1.99. The molecule has 0 aliphatic heterocycles. The highest BCUT2D eigenvalue weighted by molar-refractivity contribution is 6.31. The minimum Gasteiger partial charge on any atom is -0.383 e. The van der Waals surface area contributed by atoms with Gasteiger partial charge in [-0.05, 0) is 29.7 Å². The highest BCUT2D eigenvalue weighted by Gasteiger charge is 1.97. The Hall–Kier alpha value is -1.28. The number of nitrogen functional groups attached to an aromatic ring is 1. The molecule has 0 bridgehead atoms. The van der Waals surface area contributed by atoms with E-state index in [0.717, 1.165) is 10.8 Å². The van der Waals surface area contributed by atoms with Crippen molar-refractivity contribution in [3.05, 3.63) is 35.5 Å². The van der Waals surface area contributed by atoms with Gasteiger partial charge in [0.1, 0.15) is 5.82 Å². The summed E-state index contributed by atoms with van der Waals surface area (Å²) in [5.41, 5.74) is 5.65.